The molecule has 0 saturated heterocycles. The van der Waals surface area contributed by atoms with Gasteiger partial charge in [-0.15, -0.1) is 5.10 Å². The van der Waals surface area contributed by atoms with Gasteiger partial charge in [0.2, 0.25) is 0 Å². The van der Waals surface area contributed by atoms with Gasteiger partial charge in [0, 0.05) is 11.9 Å². The minimum atomic E-state index is 0.0157. The summed E-state index contributed by atoms with van der Waals surface area (Å²) in [6.07, 6.45) is 3.62. The molecule has 1 atom stereocenters. The Morgan fingerprint density at radius 3 is 2.67 bits per heavy atom. The molecule has 0 spiro atoms. The quantitative estimate of drug-likeness (QED) is 0.796. The first-order chi connectivity index (χ1) is 10.3. The molecule has 5 heteroatoms. The fourth-order valence-electron chi connectivity index (χ4n) is 2.44. The first kappa shape index (κ1) is 13.5. The lowest BCUT2D eigenvalue weighted by atomic mass is 10.0. The molecule has 3 rings (SSSR count). The normalized spacial score (nSPS) is 12.3. The van der Waals surface area contributed by atoms with Gasteiger partial charge in [-0.2, -0.15) is 0 Å². The van der Waals surface area contributed by atoms with Crippen molar-refractivity contribution in [3.05, 3.63) is 71.8 Å². The molecule has 0 aliphatic rings. The molecule has 3 aromatic rings. The zero-order valence-corrected chi connectivity index (χ0v) is 12.1. The molecule has 1 unspecified atom stereocenters. The van der Waals surface area contributed by atoms with E-state index in [2.05, 4.69) is 26.7 Å². The molecular formula is C16H17N5. The number of aromatic nitrogens is 4. The van der Waals surface area contributed by atoms with E-state index >= 15 is 0 Å². The molecule has 2 aromatic heterocycles. The lowest BCUT2D eigenvalue weighted by Crippen LogP contribution is -2.21. The third kappa shape index (κ3) is 2.68. The predicted octanol–water partition coefficient (Wildman–Crippen LogP) is 2.28. The third-order valence-electron chi connectivity index (χ3n) is 3.41. The molecule has 106 valence electrons. The van der Waals surface area contributed by atoms with Crippen LogP contribution in [0.1, 0.15) is 23.0 Å². The van der Waals surface area contributed by atoms with E-state index in [0.717, 1.165) is 22.6 Å². The number of aryl methyl sites for hydroxylation is 1. The van der Waals surface area contributed by atoms with Crippen molar-refractivity contribution >= 4 is 0 Å². The maximum absolute atomic E-state index is 4.25. The van der Waals surface area contributed by atoms with Crippen molar-refractivity contribution in [2.75, 3.05) is 7.05 Å². The van der Waals surface area contributed by atoms with Crippen molar-refractivity contribution in [2.45, 2.75) is 13.0 Å². The van der Waals surface area contributed by atoms with Gasteiger partial charge in [-0.1, -0.05) is 23.4 Å². The number of benzene rings is 1. The molecule has 1 aromatic carbocycles. The van der Waals surface area contributed by atoms with E-state index in [4.69, 9.17) is 0 Å². The Kier molecular flexibility index (Phi) is 3.75. The van der Waals surface area contributed by atoms with Crippen LogP contribution in [-0.4, -0.2) is 27.0 Å². The number of hydrogen-bond acceptors (Lipinski definition) is 4. The van der Waals surface area contributed by atoms with Crippen molar-refractivity contribution in [1.29, 1.82) is 0 Å². The fourth-order valence-corrected chi connectivity index (χ4v) is 2.44. The van der Waals surface area contributed by atoms with Gasteiger partial charge in [-0.25, -0.2) is 4.68 Å². The standard InChI is InChI=1S/C16H17N5/c1-12-10-13(8-9-18-12)16(17-2)15-11-19-20-21(15)14-6-4-3-5-7-14/h3-11,16-17H,1-2H3. The van der Waals surface area contributed by atoms with Gasteiger partial charge in [0.05, 0.1) is 23.6 Å². The van der Waals surface area contributed by atoms with Crippen LogP contribution in [-0.2, 0) is 0 Å². The summed E-state index contributed by atoms with van der Waals surface area (Å²) >= 11 is 0. The molecule has 5 nitrogen and oxygen atoms in total. The van der Waals surface area contributed by atoms with E-state index in [0.29, 0.717) is 0 Å². The van der Waals surface area contributed by atoms with Gasteiger partial charge >= 0.3 is 0 Å². The summed E-state index contributed by atoms with van der Waals surface area (Å²) in [5.74, 6) is 0. The van der Waals surface area contributed by atoms with Crippen molar-refractivity contribution in [1.82, 2.24) is 25.3 Å². The molecule has 0 radical (unpaired) electrons. The number of nitrogens with one attached hydrogen (secondary N) is 1. The number of nitrogens with zero attached hydrogens (tertiary/aromatic N) is 4. The molecule has 0 aliphatic carbocycles. The molecular weight excluding hydrogens is 262 g/mol. The number of para-hydroxylation sites is 1. The highest BCUT2D eigenvalue weighted by Crippen LogP contribution is 2.23. The average molecular weight is 279 g/mol. The van der Waals surface area contributed by atoms with E-state index in [1.807, 2.05) is 61.2 Å². The van der Waals surface area contributed by atoms with Crippen LogP contribution in [0.3, 0.4) is 0 Å². The van der Waals surface area contributed by atoms with Gasteiger partial charge in [0.15, 0.2) is 0 Å². The van der Waals surface area contributed by atoms with Crippen LogP contribution < -0.4 is 5.32 Å². The summed E-state index contributed by atoms with van der Waals surface area (Å²) < 4.78 is 1.86. The van der Waals surface area contributed by atoms with E-state index in [9.17, 15) is 0 Å². The van der Waals surface area contributed by atoms with Crippen LogP contribution in [0.4, 0.5) is 0 Å². The lowest BCUT2D eigenvalue weighted by molar-refractivity contribution is 0.632. The van der Waals surface area contributed by atoms with Gasteiger partial charge < -0.3 is 5.32 Å². The van der Waals surface area contributed by atoms with Gasteiger partial charge in [0.1, 0.15) is 0 Å². The maximum atomic E-state index is 4.25. The molecule has 0 fully saturated rings. The van der Waals surface area contributed by atoms with Crippen LogP contribution >= 0.6 is 0 Å². The van der Waals surface area contributed by atoms with Crippen molar-refractivity contribution < 1.29 is 0 Å². The number of pyridine rings is 1. The summed E-state index contributed by atoms with van der Waals surface area (Å²) in [4.78, 5) is 4.25. The fraction of sp³-hybridized carbons (Fsp3) is 0.188. The molecule has 21 heavy (non-hydrogen) atoms. The summed E-state index contributed by atoms with van der Waals surface area (Å²) in [6, 6.07) is 14.1. The molecule has 2 heterocycles. The van der Waals surface area contributed by atoms with Gasteiger partial charge in [-0.05, 0) is 43.8 Å². The van der Waals surface area contributed by atoms with Crippen molar-refractivity contribution in [3.63, 3.8) is 0 Å². The van der Waals surface area contributed by atoms with Gasteiger partial charge in [-0.3, -0.25) is 4.98 Å². The zero-order valence-electron chi connectivity index (χ0n) is 12.1. The van der Waals surface area contributed by atoms with E-state index in [1.54, 1.807) is 6.20 Å². The lowest BCUT2D eigenvalue weighted by Gasteiger charge is -2.18. The van der Waals surface area contributed by atoms with Crippen LogP contribution in [0.25, 0.3) is 5.69 Å². The molecule has 0 aliphatic heterocycles. The topological polar surface area (TPSA) is 55.6 Å². The molecule has 0 saturated carbocycles. The highest BCUT2D eigenvalue weighted by atomic mass is 15.4. The molecule has 0 bridgehead atoms. The SMILES string of the molecule is CNC(c1ccnc(C)c1)c1cnnn1-c1ccccc1. The monoisotopic (exact) mass is 279 g/mol. The second kappa shape index (κ2) is 5.85. The Morgan fingerprint density at radius 2 is 1.95 bits per heavy atom. The van der Waals surface area contributed by atoms with Crippen molar-refractivity contribution in [2.24, 2.45) is 0 Å². The van der Waals surface area contributed by atoms with Crippen molar-refractivity contribution in [3.8, 4) is 5.69 Å². The Hall–Kier alpha value is -2.53. The van der Waals surface area contributed by atoms with E-state index in [-0.39, 0.29) is 6.04 Å². The maximum Gasteiger partial charge on any atom is 0.0860 e. The summed E-state index contributed by atoms with van der Waals surface area (Å²) in [5.41, 5.74) is 4.13. The summed E-state index contributed by atoms with van der Waals surface area (Å²) in [6.45, 7) is 1.99. The smallest absolute Gasteiger partial charge is 0.0860 e. The molecule has 1 N–H and O–H groups in total. The number of hydrogen-bond donors (Lipinski definition) is 1. The first-order valence-electron chi connectivity index (χ1n) is 6.85. The average Bonchev–Trinajstić information content (AvgIpc) is 2.98. The zero-order chi connectivity index (χ0) is 14.7. The Morgan fingerprint density at radius 1 is 1.14 bits per heavy atom. The first-order valence-corrected chi connectivity index (χ1v) is 6.85. The Balaban J connectivity index is 2.05. The van der Waals surface area contributed by atoms with Crippen LogP contribution in [0.5, 0.6) is 0 Å². The highest BCUT2D eigenvalue weighted by molar-refractivity contribution is 5.35. The van der Waals surface area contributed by atoms with Crippen LogP contribution in [0.15, 0.2) is 54.9 Å². The number of rotatable bonds is 4. The summed E-state index contributed by atoms with van der Waals surface area (Å²) in [7, 11) is 1.93. The van der Waals surface area contributed by atoms with E-state index < -0.39 is 0 Å². The minimum absolute atomic E-state index is 0.0157. The van der Waals surface area contributed by atoms with Gasteiger partial charge in [0.25, 0.3) is 0 Å². The Bertz CT molecular complexity index is 720. The predicted molar refractivity (Wildman–Crippen MR) is 81.2 cm³/mol. The highest BCUT2D eigenvalue weighted by Gasteiger charge is 2.18. The van der Waals surface area contributed by atoms with Crippen LogP contribution in [0, 0.1) is 6.92 Å². The van der Waals surface area contributed by atoms with E-state index in [1.165, 1.54) is 0 Å². The third-order valence-corrected chi connectivity index (χ3v) is 3.41. The second-order valence-corrected chi connectivity index (χ2v) is 4.86. The largest absolute Gasteiger partial charge is 0.308 e. The molecule has 0 amide bonds. The summed E-state index contributed by atoms with van der Waals surface area (Å²) in [5, 5.41) is 11.6. The van der Waals surface area contributed by atoms with Crippen LogP contribution in [0.2, 0.25) is 0 Å². The second-order valence-electron chi connectivity index (χ2n) is 4.86. The Labute approximate surface area is 123 Å². The minimum Gasteiger partial charge on any atom is -0.308 e.